The van der Waals surface area contributed by atoms with Crippen molar-refractivity contribution in [2.45, 2.75) is 64.1 Å². The molecule has 3 aromatic carbocycles. The molecule has 4 rings (SSSR count). The summed E-state index contributed by atoms with van der Waals surface area (Å²) >= 11 is 0. The fraction of sp³-hybridized carbons (Fsp3) is 0.406. The van der Waals surface area contributed by atoms with Gasteiger partial charge in [-0.05, 0) is 27.9 Å². The van der Waals surface area contributed by atoms with E-state index >= 15 is 0 Å². The molecule has 6 nitrogen and oxygen atoms in total. The van der Waals surface area contributed by atoms with E-state index in [1.54, 1.807) is 6.92 Å². The van der Waals surface area contributed by atoms with E-state index < -0.39 is 38.9 Å². The summed E-state index contributed by atoms with van der Waals surface area (Å²) < 4.78 is 24.3. The lowest BCUT2D eigenvalue weighted by atomic mass is 9.86. The minimum atomic E-state index is -3.00. The standard InChI is InChI=1S/C32H40O6Si/c1-6-35-31(34)36-22-27-23(2)28(33)30(29(37-27)24-16-10-7-11-17-24)38-39(32(3,4)5,25-18-12-8-13-19-25)26-20-14-9-15-21-26/h7-21,23,27-30,33H,6,22H2,1-5H3/t23?,27-,28+,29+,30?/m1/s1. The maximum atomic E-state index is 11.9. The summed E-state index contributed by atoms with van der Waals surface area (Å²) in [6, 6.07) is 30.6. The van der Waals surface area contributed by atoms with Gasteiger partial charge in [-0.1, -0.05) is 119 Å². The molecule has 1 saturated heterocycles. The molecule has 208 valence electrons. The van der Waals surface area contributed by atoms with Crippen LogP contribution in [0.3, 0.4) is 0 Å². The maximum absolute atomic E-state index is 11.9. The SMILES string of the molecule is CCOC(=O)OC[C@H]1O[C@@H](c2ccccc2)C(O[Si](c2ccccc2)(c2ccccc2)C(C)(C)C)[C@@H](O)C1C. The lowest BCUT2D eigenvalue weighted by molar-refractivity contribution is -0.203. The molecule has 0 spiro atoms. The van der Waals surface area contributed by atoms with Crippen molar-refractivity contribution < 1.29 is 28.5 Å². The Morgan fingerprint density at radius 1 is 0.872 bits per heavy atom. The van der Waals surface area contributed by atoms with Gasteiger partial charge in [-0.15, -0.1) is 0 Å². The molecule has 7 heteroatoms. The van der Waals surface area contributed by atoms with Crippen LogP contribution in [0.15, 0.2) is 91.0 Å². The van der Waals surface area contributed by atoms with E-state index in [2.05, 4.69) is 45.0 Å². The molecule has 1 N–H and O–H groups in total. The zero-order valence-corrected chi connectivity index (χ0v) is 24.4. The summed E-state index contributed by atoms with van der Waals surface area (Å²) in [5.41, 5.74) is 0.896. The van der Waals surface area contributed by atoms with E-state index in [-0.39, 0.29) is 24.2 Å². The summed E-state index contributed by atoms with van der Waals surface area (Å²) in [6.45, 7) is 10.5. The molecule has 0 bridgehead atoms. The van der Waals surface area contributed by atoms with Gasteiger partial charge in [0.15, 0.2) is 0 Å². The number of ether oxygens (including phenoxy) is 3. The quantitative estimate of drug-likeness (QED) is 0.307. The molecule has 0 aromatic heterocycles. The molecular formula is C32H40O6Si. The lowest BCUT2D eigenvalue weighted by Gasteiger charge is -2.51. The average molecular weight is 549 g/mol. The van der Waals surface area contributed by atoms with Crippen molar-refractivity contribution in [3.63, 3.8) is 0 Å². The summed E-state index contributed by atoms with van der Waals surface area (Å²) in [4.78, 5) is 11.9. The molecule has 0 saturated carbocycles. The molecule has 39 heavy (non-hydrogen) atoms. The first-order chi connectivity index (χ1) is 18.7. The van der Waals surface area contributed by atoms with Gasteiger partial charge in [0.05, 0.1) is 18.8 Å². The van der Waals surface area contributed by atoms with Crippen LogP contribution in [0, 0.1) is 5.92 Å². The fourth-order valence-electron chi connectivity index (χ4n) is 5.53. The second kappa shape index (κ2) is 12.5. The number of rotatable bonds is 8. The molecule has 1 fully saturated rings. The highest BCUT2D eigenvalue weighted by Gasteiger charge is 2.55. The minimum absolute atomic E-state index is 0.0215. The van der Waals surface area contributed by atoms with Crippen LogP contribution in [0.1, 0.15) is 46.3 Å². The molecule has 0 radical (unpaired) electrons. The molecule has 0 amide bonds. The first-order valence-electron chi connectivity index (χ1n) is 13.7. The first-order valence-corrected chi connectivity index (χ1v) is 15.6. The van der Waals surface area contributed by atoms with Gasteiger partial charge in [0.1, 0.15) is 18.8 Å². The monoisotopic (exact) mass is 548 g/mol. The minimum Gasteiger partial charge on any atom is -0.435 e. The Morgan fingerprint density at radius 3 is 1.87 bits per heavy atom. The van der Waals surface area contributed by atoms with Crippen LogP contribution in [0.2, 0.25) is 5.04 Å². The highest BCUT2D eigenvalue weighted by Crippen LogP contribution is 2.43. The Labute approximate surface area is 233 Å². The zero-order valence-electron chi connectivity index (χ0n) is 23.4. The molecule has 5 atom stereocenters. The van der Waals surface area contributed by atoms with Gasteiger partial charge >= 0.3 is 6.16 Å². The number of hydrogen-bond donors (Lipinski definition) is 1. The number of aliphatic hydroxyl groups excluding tert-OH is 1. The summed E-state index contributed by atoms with van der Waals surface area (Å²) in [5.74, 6) is -0.359. The number of benzene rings is 3. The molecule has 2 unspecified atom stereocenters. The number of carbonyl (C=O) groups is 1. The topological polar surface area (TPSA) is 74.2 Å². The van der Waals surface area contributed by atoms with Crippen LogP contribution in [0.5, 0.6) is 0 Å². The molecule has 0 aliphatic carbocycles. The van der Waals surface area contributed by atoms with Crippen molar-refractivity contribution >= 4 is 24.8 Å². The van der Waals surface area contributed by atoms with Crippen LogP contribution >= 0.6 is 0 Å². The Balaban J connectivity index is 1.80. The van der Waals surface area contributed by atoms with E-state index in [1.165, 1.54) is 0 Å². The second-order valence-corrected chi connectivity index (χ2v) is 15.3. The van der Waals surface area contributed by atoms with Crippen molar-refractivity contribution in [3.8, 4) is 0 Å². The molecule has 1 heterocycles. The third kappa shape index (κ3) is 6.12. The lowest BCUT2D eigenvalue weighted by Crippen LogP contribution is -2.70. The maximum Gasteiger partial charge on any atom is 0.508 e. The third-order valence-electron chi connectivity index (χ3n) is 7.57. The highest BCUT2D eigenvalue weighted by molar-refractivity contribution is 6.99. The van der Waals surface area contributed by atoms with Crippen molar-refractivity contribution in [2.24, 2.45) is 5.92 Å². The zero-order chi connectivity index (χ0) is 28.0. The number of aliphatic hydroxyl groups is 1. The van der Waals surface area contributed by atoms with Crippen LogP contribution in [0.4, 0.5) is 4.79 Å². The van der Waals surface area contributed by atoms with E-state index in [9.17, 15) is 9.90 Å². The smallest absolute Gasteiger partial charge is 0.435 e. The Morgan fingerprint density at radius 2 is 1.38 bits per heavy atom. The molecule has 1 aliphatic heterocycles. The third-order valence-corrected chi connectivity index (χ3v) is 12.6. The number of hydrogen-bond acceptors (Lipinski definition) is 6. The first kappa shape index (κ1) is 29.0. The van der Waals surface area contributed by atoms with Crippen LogP contribution < -0.4 is 10.4 Å². The van der Waals surface area contributed by atoms with Gasteiger partial charge in [-0.3, -0.25) is 0 Å². The summed E-state index contributed by atoms with van der Waals surface area (Å²) in [6.07, 6.45) is -3.39. The van der Waals surface area contributed by atoms with Crippen LogP contribution in [-0.2, 0) is 18.6 Å². The second-order valence-electron chi connectivity index (χ2n) is 11.1. The average Bonchev–Trinajstić information content (AvgIpc) is 2.94. The van der Waals surface area contributed by atoms with Crippen LogP contribution in [0.25, 0.3) is 0 Å². The van der Waals surface area contributed by atoms with E-state index in [4.69, 9.17) is 18.6 Å². The van der Waals surface area contributed by atoms with Gasteiger partial charge in [0.25, 0.3) is 8.32 Å². The Hall–Kier alpha value is -2.97. The Bertz CT molecular complexity index is 1140. The normalized spacial score (nSPS) is 23.7. The highest BCUT2D eigenvalue weighted by atomic mass is 28.4. The largest absolute Gasteiger partial charge is 0.508 e. The van der Waals surface area contributed by atoms with Gasteiger partial charge in [-0.2, -0.15) is 0 Å². The van der Waals surface area contributed by atoms with Crippen molar-refractivity contribution in [1.82, 2.24) is 0 Å². The van der Waals surface area contributed by atoms with Gasteiger partial charge < -0.3 is 23.7 Å². The number of carbonyl (C=O) groups excluding carboxylic acids is 1. The van der Waals surface area contributed by atoms with E-state index in [0.717, 1.165) is 15.9 Å². The van der Waals surface area contributed by atoms with E-state index in [0.29, 0.717) is 0 Å². The van der Waals surface area contributed by atoms with Crippen molar-refractivity contribution in [3.05, 3.63) is 96.6 Å². The van der Waals surface area contributed by atoms with E-state index in [1.807, 2.05) is 73.7 Å². The molecule has 1 aliphatic rings. The molecule has 3 aromatic rings. The summed E-state index contributed by atoms with van der Waals surface area (Å²) in [7, 11) is -3.00. The van der Waals surface area contributed by atoms with Crippen molar-refractivity contribution in [2.75, 3.05) is 13.2 Å². The van der Waals surface area contributed by atoms with Gasteiger partial charge in [-0.25, -0.2) is 4.79 Å². The van der Waals surface area contributed by atoms with Crippen LogP contribution in [-0.4, -0.2) is 51.1 Å². The molecular weight excluding hydrogens is 508 g/mol. The van der Waals surface area contributed by atoms with Crippen molar-refractivity contribution in [1.29, 1.82) is 0 Å². The summed E-state index contributed by atoms with van der Waals surface area (Å²) in [5, 5.41) is 13.9. The van der Waals surface area contributed by atoms with Gasteiger partial charge in [0.2, 0.25) is 0 Å². The fourth-order valence-corrected chi connectivity index (χ4v) is 10.2. The predicted molar refractivity (Wildman–Crippen MR) is 155 cm³/mol. The Kier molecular flexibility index (Phi) is 9.28. The predicted octanol–water partition coefficient (Wildman–Crippen LogP) is 5.24. The van der Waals surface area contributed by atoms with Gasteiger partial charge in [0, 0.05) is 5.92 Å².